The molecule has 0 aliphatic heterocycles. The zero-order valence-corrected chi connectivity index (χ0v) is 10.7. The van der Waals surface area contributed by atoms with Crippen molar-refractivity contribution in [2.24, 2.45) is 0 Å². The maximum absolute atomic E-state index is 11.5. The molecule has 2 rings (SSSR count). The lowest BCUT2D eigenvalue weighted by Crippen LogP contribution is -2.13. The Labute approximate surface area is 115 Å². The Morgan fingerprint density at radius 3 is 2.55 bits per heavy atom. The predicted molar refractivity (Wildman–Crippen MR) is 71.1 cm³/mol. The normalized spacial score (nSPS) is 10.2. The molecule has 7 nitrogen and oxygen atoms in total. The standard InChI is InChI=1S/C13H14N4O3/c18-12(5-6-13(19)20)16-11-3-1-10(2-4-11)7-17-9-14-8-15-17/h1-4,8-9H,5-7H2,(H,16,18)(H,19,20). The van der Waals surface area contributed by atoms with Gasteiger partial charge in [0.2, 0.25) is 5.91 Å². The van der Waals surface area contributed by atoms with Crippen LogP contribution in [0.4, 0.5) is 5.69 Å². The molecule has 0 saturated carbocycles. The number of aromatic nitrogens is 3. The van der Waals surface area contributed by atoms with E-state index in [9.17, 15) is 9.59 Å². The van der Waals surface area contributed by atoms with E-state index in [2.05, 4.69) is 15.4 Å². The van der Waals surface area contributed by atoms with E-state index in [0.29, 0.717) is 12.2 Å². The second-order valence-electron chi connectivity index (χ2n) is 4.23. The molecule has 0 saturated heterocycles. The van der Waals surface area contributed by atoms with Crippen LogP contribution in [0.3, 0.4) is 0 Å². The summed E-state index contributed by atoms with van der Waals surface area (Å²) in [4.78, 5) is 25.7. The van der Waals surface area contributed by atoms with Gasteiger partial charge in [-0.1, -0.05) is 12.1 Å². The predicted octanol–water partition coefficient (Wildman–Crippen LogP) is 1.13. The van der Waals surface area contributed by atoms with E-state index in [1.807, 2.05) is 12.1 Å². The summed E-state index contributed by atoms with van der Waals surface area (Å²) >= 11 is 0. The molecule has 7 heteroatoms. The van der Waals surface area contributed by atoms with Crippen molar-refractivity contribution in [3.8, 4) is 0 Å². The molecule has 0 aliphatic carbocycles. The van der Waals surface area contributed by atoms with Crippen molar-refractivity contribution in [2.45, 2.75) is 19.4 Å². The van der Waals surface area contributed by atoms with Crippen molar-refractivity contribution >= 4 is 17.6 Å². The number of anilines is 1. The minimum absolute atomic E-state index is 0.0317. The maximum Gasteiger partial charge on any atom is 0.303 e. The third-order valence-corrected chi connectivity index (χ3v) is 2.61. The van der Waals surface area contributed by atoms with Crippen LogP contribution in [-0.4, -0.2) is 31.7 Å². The number of aliphatic carboxylic acids is 1. The maximum atomic E-state index is 11.5. The summed E-state index contributed by atoms with van der Waals surface area (Å²) in [5.74, 6) is -1.29. The molecule has 0 unspecified atom stereocenters. The van der Waals surface area contributed by atoms with Gasteiger partial charge in [-0.05, 0) is 17.7 Å². The number of carboxylic acid groups (broad SMARTS) is 1. The third kappa shape index (κ3) is 4.20. The number of rotatable bonds is 6. The Bertz CT molecular complexity index is 578. The molecule has 2 aromatic rings. The number of nitrogens with zero attached hydrogens (tertiary/aromatic N) is 3. The average Bonchev–Trinajstić information content (AvgIpc) is 2.92. The van der Waals surface area contributed by atoms with E-state index in [1.165, 1.54) is 6.33 Å². The molecule has 104 valence electrons. The third-order valence-electron chi connectivity index (χ3n) is 2.61. The fourth-order valence-electron chi connectivity index (χ4n) is 1.64. The first-order valence-corrected chi connectivity index (χ1v) is 6.06. The molecular weight excluding hydrogens is 260 g/mol. The number of carbonyl (C=O) groups excluding carboxylic acids is 1. The molecule has 1 aromatic carbocycles. The van der Waals surface area contributed by atoms with Gasteiger partial charge in [0.1, 0.15) is 12.7 Å². The molecule has 1 aromatic heterocycles. The molecule has 20 heavy (non-hydrogen) atoms. The average molecular weight is 274 g/mol. The first-order valence-electron chi connectivity index (χ1n) is 6.06. The van der Waals surface area contributed by atoms with Crippen molar-refractivity contribution in [2.75, 3.05) is 5.32 Å². The van der Waals surface area contributed by atoms with Crippen LogP contribution in [0.1, 0.15) is 18.4 Å². The number of amides is 1. The molecule has 0 radical (unpaired) electrons. The lowest BCUT2D eigenvalue weighted by Gasteiger charge is -2.06. The lowest BCUT2D eigenvalue weighted by molar-refractivity contribution is -0.138. The van der Waals surface area contributed by atoms with Gasteiger partial charge in [-0.2, -0.15) is 5.10 Å². The van der Waals surface area contributed by atoms with Gasteiger partial charge in [0, 0.05) is 12.1 Å². The van der Waals surface area contributed by atoms with Gasteiger partial charge in [0.05, 0.1) is 13.0 Å². The Kier molecular flexibility index (Phi) is 4.43. The van der Waals surface area contributed by atoms with E-state index in [-0.39, 0.29) is 18.7 Å². The number of hydrogen-bond donors (Lipinski definition) is 2. The monoisotopic (exact) mass is 274 g/mol. The van der Waals surface area contributed by atoms with Crippen molar-refractivity contribution in [1.29, 1.82) is 0 Å². The summed E-state index contributed by atoms with van der Waals surface area (Å²) in [5, 5.41) is 15.1. The van der Waals surface area contributed by atoms with E-state index in [4.69, 9.17) is 5.11 Å². The fourth-order valence-corrected chi connectivity index (χ4v) is 1.64. The van der Waals surface area contributed by atoms with Gasteiger partial charge in [0.15, 0.2) is 0 Å². The van der Waals surface area contributed by atoms with E-state index in [0.717, 1.165) is 5.56 Å². The molecule has 0 fully saturated rings. The largest absolute Gasteiger partial charge is 0.481 e. The summed E-state index contributed by atoms with van der Waals surface area (Å²) in [7, 11) is 0. The van der Waals surface area contributed by atoms with Gasteiger partial charge < -0.3 is 10.4 Å². The lowest BCUT2D eigenvalue weighted by atomic mass is 10.2. The van der Waals surface area contributed by atoms with Crippen molar-refractivity contribution < 1.29 is 14.7 Å². The number of nitrogens with one attached hydrogen (secondary N) is 1. The van der Waals surface area contributed by atoms with Crippen LogP contribution in [0, 0.1) is 0 Å². The highest BCUT2D eigenvalue weighted by Crippen LogP contribution is 2.11. The molecule has 2 N–H and O–H groups in total. The molecule has 0 atom stereocenters. The van der Waals surface area contributed by atoms with Gasteiger partial charge in [-0.25, -0.2) is 9.67 Å². The highest BCUT2D eigenvalue weighted by molar-refractivity contribution is 5.92. The van der Waals surface area contributed by atoms with Crippen LogP contribution in [0.2, 0.25) is 0 Å². The van der Waals surface area contributed by atoms with Crippen molar-refractivity contribution in [3.05, 3.63) is 42.5 Å². The van der Waals surface area contributed by atoms with Crippen LogP contribution in [-0.2, 0) is 16.1 Å². The molecule has 0 aliphatic rings. The fraction of sp³-hybridized carbons (Fsp3) is 0.231. The molecule has 0 bridgehead atoms. The van der Waals surface area contributed by atoms with E-state index in [1.54, 1.807) is 23.1 Å². The Hall–Kier alpha value is -2.70. The van der Waals surface area contributed by atoms with Gasteiger partial charge in [-0.3, -0.25) is 9.59 Å². The minimum Gasteiger partial charge on any atom is -0.481 e. The molecule has 1 heterocycles. The van der Waals surface area contributed by atoms with Gasteiger partial charge in [-0.15, -0.1) is 0 Å². The van der Waals surface area contributed by atoms with Crippen molar-refractivity contribution in [1.82, 2.24) is 14.8 Å². The first kappa shape index (κ1) is 13.7. The highest BCUT2D eigenvalue weighted by Gasteiger charge is 2.05. The van der Waals surface area contributed by atoms with Crippen LogP contribution >= 0.6 is 0 Å². The zero-order chi connectivity index (χ0) is 14.4. The molecule has 1 amide bonds. The first-order chi connectivity index (χ1) is 9.63. The van der Waals surface area contributed by atoms with Crippen molar-refractivity contribution in [3.63, 3.8) is 0 Å². The summed E-state index contributed by atoms with van der Waals surface area (Å²) < 4.78 is 1.69. The number of carboxylic acids is 1. The second-order valence-corrected chi connectivity index (χ2v) is 4.23. The van der Waals surface area contributed by atoms with E-state index < -0.39 is 5.97 Å². The summed E-state index contributed by atoms with van der Waals surface area (Å²) in [6.45, 7) is 0.604. The number of benzene rings is 1. The Morgan fingerprint density at radius 1 is 1.20 bits per heavy atom. The van der Waals surface area contributed by atoms with Crippen LogP contribution in [0.15, 0.2) is 36.9 Å². The van der Waals surface area contributed by atoms with Crippen LogP contribution < -0.4 is 5.32 Å². The Morgan fingerprint density at radius 2 is 1.95 bits per heavy atom. The van der Waals surface area contributed by atoms with Gasteiger partial charge >= 0.3 is 5.97 Å². The summed E-state index contributed by atoms with van der Waals surface area (Å²) in [6.07, 6.45) is 2.89. The molecular formula is C13H14N4O3. The number of carbonyl (C=O) groups is 2. The second kappa shape index (κ2) is 6.46. The Balaban J connectivity index is 1.88. The molecule has 0 spiro atoms. The topological polar surface area (TPSA) is 97.1 Å². The number of hydrogen-bond acceptors (Lipinski definition) is 4. The summed E-state index contributed by atoms with van der Waals surface area (Å²) in [6, 6.07) is 7.28. The van der Waals surface area contributed by atoms with Crippen LogP contribution in [0.5, 0.6) is 0 Å². The quantitative estimate of drug-likeness (QED) is 0.823. The summed E-state index contributed by atoms with van der Waals surface area (Å²) in [5.41, 5.74) is 1.67. The van der Waals surface area contributed by atoms with E-state index >= 15 is 0 Å². The zero-order valence-electron chi connectivity index (χ0n) is 10.7. The SMILES string of the molecule is O=C(O)CCC(=O)Nc1ccc(Cn2cncn2)cc1. The minimum atomic E-state index is -0.983. The smallest absolute Gasteiger partial charge is 0.303 e. The highest BCUT2D eigenvalue weighted by atomic mass is 16.4. The van der Waals surface area contributed by atoms with Gasteiger partial charge in [0.25, 0.3) is 0 Å². The van der Waals surface area contributed by atoms with Crippen LogP contribution in [0.25, 0.3) is 0 Å².